The second kappa shape index (κ2) is 7.42. The lowest BCUT2D eigenvalue weighted by atomic mass is 9.97. The molecular formula is C20H27N. The van der Waals surface area contributed by atoms with Crippen LogP contribution in [0.25, 0.3) is 11.1 Å². The van der Waals surface area contributed by atoms with Gasteiger partial charge in [0.1, 0.15) is 0 Å². The molecule has 0 amide bonds. The molecule has 21 heavy (non-hydrogen) atoms. The average molecular weight is 281 g/mol. The lowest BCUT2D eigenvalue weighted by Crippen LogP contribution is -2.26. The molecule has 0 spiro atoms. The van der Waals surface area contributed by atoms with E-state index in [1.807, 2.05) is 0 Å². The highest BCUT2D eigenvalue weighted by molar-refractivity contribution is 5.63. The van der Waals surface area contributed by atoms with Gasteiger partial charge in [0.25, 0.3) is 0 Å². The van der Waals surface area contributed by atoms with Gasteiger partial charge in [0.15, 0.2) is 0 Å². The molecule has 2 aromatic carbocycles. The molecule has 0 saturated carbocycles. The molecule has 1 heteroatoms. The molecule has 0 bridgehead atoms. The summed E-state index contributed by atoms with van der Waals surface area (Å²) in [6.45, 7) is 10.2. The van der Waals surface area contributed by atoms with E-state index in [9.17, 15) is 0 Å². The molecule has 2 unspecified atom stereocenters. The lowest BCUT2D eigenvalue weighted by Gasteiger charge is -2.20. The SMILES string of the molecule is CC(NCC(C)C(C)C)c1ccc(-c2ccccc2)cc1. The summed E-state index contributed by atoms with van der Waals surface area (Å²) in [5.41, 5.74) is 3.91. The van der Waals surface area contributed by atoms with E-state index in [-0.39, 0.29) is 0 Å². The first-order chi connectivity index (χ1) is 10.1. The first-order valence-electron chi connectivity index (χ1n) is 7.96. The van der Waals surface area contributed by atoms with Crippen molar-refractivity contribution in [3.05, 3.63) is 60.2 Å². The predicted octanol–water partition coefficient (Wildman–Crippen LogP) is 5.30. The fourth-order valence-electron chi connectivity index (χ4n) is 2.31. The van der Waals surface area contributed by atoms with Crippen molar-refractivity contribution in [2.24, 2.45) is 11.8 Å². The van der Waals surface area contributed by atoms with Crippen LogP contribution < -0.4 is 5.32 Å². The minimum Gasteiger partial charge on any atom is -0.310 e. The number of benzene rings is 2. The van der Waals surface area contributed by atoms with Gasteiger partial charge in [0.05, 0.1) is 0 Å². The van der Waals surface area contributed by atoms with Gasteiger partial charge >= 0.3 is 0 Å². The highest BCUT2D eigenvalue weighted by atomic mass is 14.9. The summed E-state index contributed by atoms with van der Waals surface area (Å²) >= 11 is 0. The maximum atomic E-state index is 3.64. The van der Waals surface area contributed by atoms with Crippen LogP contribution in [0.1, 0.15) is 39.3 Å². The third-order valence-electron chi connectivity index (χ3n) is 4.40. The van der Waals surface area contributed by atoms with E-state index in [0.717, 1.165) is 12.5 Å². The molecule has 0 aliphatic rings. The molecular weight excluding hydrogens is 254 g/mol. The summed E-state index contributed by atoms with van der Waals surface area (Å²) in [6, 6.07) is 19.8. The zero-order chi connectivity index (χ0) is 15.2. The van der Waals surface area contributed by atoms with Crippen molar-refractivity contribution in [1.29, 1.82) is 0 Å². The van der Waals surface area contributed by atoms with E-state index in [1.165, 1.54) is 16.7 Å². The van der Waals surface area contributed by atoms with Crippen LogP contribution in [0.4, 0.5) is 0 Å². The van der Waals surface area contributed by atoms with Gasteiger partial charge in [-0.15, -0.1) is 0 Å². The van der Waals surface area contributed by atoms with Gasteiger partial charge < -0.3 is 5.32 Å². The number of nitrogens with one attached hydrogen (secondary N) is 1. The fourth-order valence-corrected chi connectivity index (χ4v) is 2.31. The molecule has 2 atom stereocenters. The summed E-state index contributed by atoms with van der Waals surface area (Å²) in [5.74, 6) is 1.43. The Bertz CT molecular complexity index is 528. The quantitative estimate of drug-likeness (QED) is 0.758. The monoisotopic (exact) mass is 281 g/mol. The summed E-state index contributed by atoms with van der Waals surface area (Å²) < 4.78 is 0. The van der Waals surface area contributed by atoms with Crippen LogP contribution >= 0.6 is 0 Å². The molecule has 2 aromatic rings. The van der Waals surface area contributed by atoms with Crippen molar-refractivity contribution in [2.75, 3.05) is 6.54 Å². The Kier molecular flexibility index (Phi) is 5.58. The number of hydrogen-bond donors (Lipinski definition) is 1. The van der Waals surface area contributed by atoms with E-state index < -0.39 is 0 Å². The highest BCUT2D eigenvalue weighted by Crippen LogP contribution is 2.22. The van der Waals surface area contributed by atoms with Crippen LogP contribution in [0.2, 0.25) is 0 Å². The zero-order valence-electron chi connectivity index (χ0n) is 13.6. The largest absolute Gasteiger partial charge is 0.310 e. The van der Waals surface area contributed by atoms with Crippen molar-refractivity contribution in [3.63, 3.8) is 0 Å². The minimum atomic E-state index is 0.399. The molecule has 112 valence electrons. The Morgan fingerprint density at radius 2 is 1.33 bits per heavy atom. The Balaban J connectivity index is 1.99. The van der Waals surface area contributed by atoms with Gasteiger partial charge in [0, 0.05) is 6.04 Å². The van der Waals surface area contributed by atoms with Gasteiger partial charge in [-0.2, -0.15) is 0 Å². The maximum absolute atomic E-state index is 3.64. The van der Waals surface area contributed by atoms with Gasteiger partial charge in [0.2, 0.25) is 0 Å². The topological polar surface area (TPSA) is 12.0 Å². The lowest BCUT2D eigenvalue weighted by molar-refractivity contribution is 0.375. The van der Waals surface area contributed by atoms with Crippen LogP contribution in [0.5, 0.6) is 0 Å². The van der Waals surface area contributed by atoms with Crippen LogP contribution in [-0.4, -0.2) is 6.54 Å². The summed E-state index contributed by atoms with van der Waals surface area (Å²) in [6.07, 6.45) is 0. The summed E-state index contributed by atoms with van der Waals surface area (Å²) in [5, 5.41) is 3.64. The second-order valence-electron chi connectivity index (χ2n) is 6.34. The van der Waals surface area contributed by atoms with Crippen LogP contribution in [-0.2, 0) is 0 Å². The van der Waals surface area contributed by atoms with Crippen LogP contribution in [0, 0.1) is 11.8 Å². The Morgan fingerprint density at radius 3 is 1.90 bits per heavy atom. The molecule has 0 radical (unpaired) electrons. The maximum Gasteiger partial charge on any atom is 0.0291 e. The fraction of sp³-hybridized carbons (Fsp3) is 0.400. The Hall–Kier alpha value is -1.60. The minimum absolute atomic E-state index is 0.399. The second-order valence-corrected chi connectivity index (χ2v) is 6.34. The summed E-state index contributed by atoms with van der Waals surface area (Å²) in [4.78, 5) is 0. The van der Waals surface area contributed by atoms with E-state index in [1.54, 1.807) is 0 Å². The zero-order valence-corrected chi connectivity index (χ0v) is 13.6. The van der Waals surface area contributed by atoms with Gasteiger partial charge in [-0.3, -0.25) is 0 Å². The first-order valence-corrected chi connectivity index (χ1v) is 7.96. The van der Waals surface area contributed by atoms with Gasteiger partial charge in [-0.25, -0.2) is 0 Å². The normalized spacial score (nSPS) is 14.1. The molecule has 1 nitrogen and oxygen atoms in total. The van der Waals surface area contributed by atoms with Crippen molar-refractivity contribution in [1.82, 2.24) is 5.32 Å². The van der Waals surface area contributed by atoms with Gasteiger partial charge in [-0.1, -0.05) is 75.4 Å². The van der Waals surface area contributed by atoms with E-state index >= 15 is 0 Å². The van der Waals surface area contributed by atoms with Gasteiger partial charge in [-0.05, 0) is 42.0 Å². The van der Waals surface area contributed by atoms with Crippen LogP contribution in [0.15, 0.2) is 54.6 Å². The van der Waals surface area contributed by atoms with E-state index in [4.69, 9.17) is 0 Å². The third-order valence-corrected chi connectivity index (χ3v) is 4.40. The molecule has 2 rings (SSSR count). The average Bonchev–Trinajstić information content (AvgIpc) is 2.53. The number of hydrogen-bond acceptors (Lipinski definition) is 1. The predicted molar refractivity (Wildman–Crippen MR) is 92.3 cm³/mol. The third kappa shape index (κ3) is 4.44. The molecule has 0 aliphatic heterocycles. The Morgan fingerprint density at radius 1 is 0.762 bits per heavy atom. The number of rotatable bonds is 6. The van der Waals surface area contributed by atoms with Crippen molar-refractivity contribution in [2.45, 2.75) is 33.7 Å². The molecule has 0 saturated heterocycles. The molecule has 0 aliphatic carbocycles. The molecule has 1 N–H and O–H groups in total. The summed E-state index contributed by atoms with van der Waals surface area (Å²) in [7, 11) is 0. The van der Waals surface area contributed by atoms with Crippen molar-refractivity contribution < 1.29 is 0 Å². The first kappa shape index (κ1) is 15.8. The highest BCUT2D eigenvalue weighted by Gasteiger charge is 2.10. The van der Waals surface area contributed by atoms with E-state index in [0.29, 0.717) is 12.0 Å². The molecule has 0 fully saturated rings. The Labute approximate surface area is 129 Å². The molecule has 0 heterocycles. The van der Waals surface area contributed by atoms with E-state index in [2.05, 4.69) is 87.6 Å². The standard InChI is InChI=1S/C20H27N/c1-15(2)16(3)14-21-17(4)18-10-12-20(13-11-18)19-8-6-5-7-9-19/h5-13,15-17,21H,14H2,1-4H3. The smallest absolute Gasteiger partial charge is 0.0291 e. The van der Waals surface area contributed by atoms with Crippen molar-refractivity contribution >= 4 is 0 Å². The van der Waals surface area contributed by atoms with Crippen molar-refractivity contribution in [3.8, 4) is 11.1 Å². The van der Waals surface area contributed by atoms with Crippen LogP contribution in [0.3, 0.4) is 0 Å². The molecule has 0 aromatic heterocycles.